The lowest BCUT2D eigenvalue weighted by Crippen LogP contribution is -2.15. The Balaban J connectivity index is 1.68. The lowest BCUT2D eigenvalue weighted by molar-refractivity contribution is 0.171. The smallest absolute Gasteiger partial charge is 0.200 e. The molecule has 0 fully saturated rings. The zero-order valence-corrected chi connectivity index (χ0v) is 15.3. The van der Waals surface area contributed by atoms with Gasteiger partial charge in [0.05, 0.1) is 10.9 Å². The van der Waals surface area contributed by atoms with Crippen LogP contribution in [0.4, 0.5) is 0 Å². The average Bonchev–Trinajstić information content (AvgIpc) is 2.67. The normalized spacial score (nSPS) is 12.7. The van der Waals surface area contributed by atoms with Crippen molar-refractivity contribution >= 4 is 11.0 Å². The number of allylic oxidation sites excluding steroid dienone is 1. The number of hydrogen-bond donors (Lipinski definition) is 0. The van der Waals surface area contributed by atoms with Crippen molar-refractivity contribution in [2.24, 2.45) is 0 Å². The Morgan fingerprint density at radius 3 is 2.70 bits per heavy atom. The molecule has 0 atom stereocenters. The van der Waals surface area contributed by atoms with Crippen molar-refractivity contribution in [1.82, 2.24) is 0 Å². The summed E-state index contributed by atoms with van der Waals surface area (Å²) in [5.74, 6) is 1.99. The third kappa shape index (κ3) is 3.53. The van der Waals surface area contributed by atoms with E-state index in [1.807, 2.05) is 38.1 Å². The van der Waals surface area contributed by atoms with Gasteiger partial charge in [-0.3, -0.25) is 4.79 Å². The lowest BCUT2D eigenvalue weighted by atomic mass is 10.0. The van der Waals surface area contributed by atoms with E-state index in [9.17, 15) is 4.79 Å². The first-order chi connectivity index (χ1) is 13.1. The van der Waals surface area contributed by atoms with Crippen LogP contribution in [0, 0.1) is 0 Å². The summed E-state index contributed by atoms with van der Waals surface area (Å²) in [5, 5.41) is 0.511. The summed E-state index contributed by atoms with van der Waals surface area (Å²) >= 11 is 0. The molecule has 0 radical (unpaired) electrons. The third-order valence-corrected chi connectivity index (χ3v) is 4.34. The number of ether oxygens (including phenoxy) is 3. The van der Waals surface area contributed by atoms with E-state index in [0.717, 1.165) is 5.56 Å². The second-order valence-corrected chi connectivity index (χ2v) is 6.59. The molecule has 1 aliphatic heterocycles. The second-order valence-electron chi connectivity index (χ2n) is 6.59. The highest BCUT2D eigenvalue weighted by Crippen LogP contribution is 2.34. The molecule has 0 N–H and O–H groups in total. The highest BCUT2D eigenvalue weighted by molar-refractivity contribution is 5.83. The van der Waals surface area contributed by atoms with Crippen molar-refractivity contribution in [3.63, 3.8) is 0 Å². The van der Waals surface area contributed by atoms with E-state index in [4.69, 9.17) is 18.6 Å². The Kier molecular flexibility index (Phi) is 4.59. The summed E-state index contributed by atoms with van der Waals surface area (Å²) in [6.45, 7) is 5.54. The summed E-state index contributed by atoms with van der Waals surface area (Å²) in [4.78, 5) is 12.9. The van der Waals surface area contributed by atoms with Crippen LogP contribution in [0.25, 0.3) is 22.1 Å². The average molecular weight is 364 g/mol. The van der Waals surface area contributed by atoms with Gasteiger partial charge in [0.15, 0.2) is 16.9 Å². The van der Waals surface area contributed by atoms with Crippen LogP contribution in [0.5, 0.6) is 17.2 Å². The Morgan fingerprint density at radius 2 is 1.89 bits per heavy atom. The van der Waals surface area contributed by atoms with Gasteiger partial charge in [0, 0.05) is 6.07 Å². The number of rotatable bonds is 4. The Hall–Kier alpha value is -3.21. The Morgan fingerprint density at radius 1 is 1.07 bits per heavy atom. The molecule has 4 rings (SSSR count). The van der Waals surface area contributed by atoms with Gasteiger partial charge in [-0.05, 0) is 49.8 Å². The monoisotopic (exact) mass is 364 g/mol. The maximum absolute atomic E-state index is 12.9. The van der Waals surface area contributed by atoms with Crippen molar-refractivity contribution < 1.29 is 18.6 Å². The van der Waals surface area contributed by atoms with Crippen LogP contribution in [0.1, 0.15) is 13.8 Å². The van der Waals surface area contributed by atoms with Crippen LogP contribution >= 0.6 is 0 Å². The van der Waals surface area contributed by atoms with Gasteiger partial charge < -0.3 is 18.6 Å². The number of benzene rings is 2. The summed E-state index contributed by atoms with van der Waals surface area (Å²) in [6.07, 6.45) is 3.47. The first kappa shape index (κ1) is 17.2. The zero-order valence-electron chi connectivity index (χ0n) is 15.3. The van der Waals surface area contributed by atoms with E-state index in [1.54, 1.807) is 18.2 Å². The standard InChI is InChI=1S/C22H20O5/c1-14(2)7-8-24-16-4-5-17-20(12-16)27-13-18(22(17)23)15-3-6-19-21(11-15)26-10-9-25-19/h3-7,11-13H,8-10H2,1-2H3. The Labute approximate surface area is 156 Å². The molecule has 0 unspecified atom stereocenters. The van der Waals surface area contributed by atoms with Gasteiger partial charge >= 0.3 is 0 Å². The molecule has 0 bridgehead atoms. The molecular formula is C22H20O5. The molecule has 0 saturated carbocycles. The van der Waals surface area contributed by atoms with Gasteiger partial charge in [0.1, 0.15) is 37.4 Å². The highest BCUT2D eigenvalue weighted by Gasteiger charge is 2.15. The SMILES string of the molecule is CC(C)=CCOc1ccc2c(=O)c(-c3ccc4c(c3)OCCO4)coc2c1. The second kappa shape index (κ2) is 7.19. The zero-order chi connectivity index (χ0) is 18.8. The lowest BCUT2D eigenvalue weighted by Gasteiger charge is -2.18. The summed E-state index contributed by atoms with van der Waals surface area (Å²) in [7, 11) is 0. The van der Waals surface area contributed by atoms with Crippen molar-refractivity contribution in [3.8, 4) is 28.4 Å². The molecule has 5 heteroatoms. The van der Waals surface area contributed by atoms with Gasteiger partial charge in [-0.1, -0.05) is 11.6 Å². The van der Waals surface area contributed by atoms with Crippen LogP contribution in [-0.2, 0) is 0 Å². The van der Waals surface area contributed by atoms with E-state index >= 15 is 0 Å². The highest BCUT2D eigenvalue weighted by atomic mass is 16.6. The topological polar surface area (TPSA) is 57.9 Å². The van der Waals surface area contributed by atoms with E-state index in [1.165, 1.54) is 11.8 Å². The molecule has 0 saturated heterocycles. The maximum Gasteiger partial charge on any atom is 0.200 e. The van der Waals surface area contributed by atoms with Crippen LogP contribution in [-0.4, -0.2) is 19.8 Å². The molecule has 0 spiro atoms. The minimum atomic E-state index is -0.0937. The van der Waals surface area contributed by atoms with Gasteiger partial charge in [0.2, 0.25) is 0 Å². The van der Waals surface area contributed by atoms with E-state index in [0.29, 0.717) is 53.6 Å². The molecule has 2 heterocycles. The van der Waals surface area contributed by atoms with Crippen LogP contribution in [0.2, 0.25) is 0 Å². The molecule has 0 aliphatic carbocycles. The van der Waals surface area contributed by atoms with E-state index in [2.05, 4.69) is 0 Å². The molecular weight excluding hydrogens is 344 g/mol. The molecule has 27 heavy (non-hydrogen) atoms. The minimum absolute atomic E-state index is 0.0937. The van der Waals surface area contributed by atoms with Gasteiger partial charge in [-0.2, -0.15) is 0 Å². The molecule has 3 aromatic rings. The maximum atomic E-state index is 12.9. The van der Waals surface area contributed by atoms with Crippen molar-refractivity contribution in [1.29, 1.82) is 0 Å². The minimum Gasteiger partial charge on any atom is -0.489 e. The van der Waals surface area contributed by atoms with Gasteiger partial charge in [-0.15, -0.1) is 0 Å². The first-order valence-electron chi connectivity index (χ1n) is 8.83. The molecule has 0 amide bonds. The molecule has 2 aromatic carbocycles. The fraction of sp³-hybridized carbons (Fsp3) is 0.227. The molecule has 138 valence electrons. The van der Waals surface area contributed by atoms with E-state index < -0.39 is 0 Å². The molecule has 1 aromatic heterocycles. The fourth-order valence-corrected chi connectivity index (χ4v) is 2.91. The number of fused-ring (bicyclic) bond motifs is 2. The number of hydrogen-bond acceptors (Lipinski definition) is 5. The largest absolute Gasteiger partial charge is 0.489 e. The quantitative estimate of drug-likeness (QED) is 0.635. The summed E-state index contributed by atoms with van der Waals surface area (Å²) < 4.78 is 22.5. The van der Waals surface area contributed by atoms with Crippen molar-refractivity contribution in [2.45, 2.75) is 13.8 Å². The summed E-state index contributed by atoms with van der Waals surface area (Å²) in [6, 6.07) is 10.7. The first-order valence-corrected chi connectivity index (χ1v) is 8.83. The van der Waals surface area contributed by atoms with Crippen LogP contribution < -0.4 is 19.6 Å². The predicted molar refractivity (Wildman–Crippen MR) is 104 cm³/mol. The van der Waals surface area contributed by atoms with E-state index in [-0.39, 0.29) is 5.43 Å². The van der Waals surface area contributed by atoms with Crippen molar-refractivity contribution in [2.75, 3.05) is 19.8 Å². The molecule has 5 nitrogen and oxygen atoms in total. The predicted octanol–water partition coefficient (Wildman–Crippen LogP) is 4.58. The van der Waals surface area contributed by atoms with Crippen LogP contribution in [0.15, 0.2) is 63.5 Å². The van der Waals surface area contributed by atoms with Crippen LogP contribution in [0.3, 0.4) is 0 Å². The fourth-order valence-electron chi connectivity index (χ4n) is 2.91. The van der Waals surface area contributed by atoms with Gasteiger partial charge in [0.25, 0.3) is 0 Å². The Bertz CT molecular complexity index is 1070. The van der Waals surface area contributed by atoms with Crippen molar-refractivity contribution in [3.05, 3.63) is 64.5 Å². The molecule has 1 aliphatic rings. The van der Waals surface area contributed by atoms with Gasteiger partial charge in [-0.25, -0.2) is 0 Å². The summed E-state index contributed by atoms with van der Waals surface area (Å²) in [5.41, 5.74) is 2.81. The third-order valence-electron chi connectivity index (χ3n) is 4.34.